The first-order valence-electron chi connectivity index (χ1n) is 10.0. The molecule has 1 heterocycles. The fourth-order valence-corrected chi connectivity index (χ4v) is 3.17. The maximum atomic E-state index is 12.4. The molecule has 1 fully saturated rings. The summed E-state index contributed by atoms with van der Waals surface area (Å²) in [6, 6.07) is 5.27. The number of phenolic OH excluding ortho intramolecular Hbond substituents is 5. The molecule has 13 heteroatoms. The number of carbonyl (C=O) groups is 2. The van der Waals surface area contributed by atoms with Gasteiger partial charge in [0.25, 0.3) is 0 Å². The molecule has 1 aliphatic heterocycles. The highest BCUT2D eigenvalue weighted by atomic mass is 16.7. The summed E-state index contributed by atoms with van der Waals surface area (Å²) >= 11 is 0. The Bertz CT molecular complexity index is 1110. The smallest absolute Gasteiger partial charge is 0.338 e. The standard InChI is InChI=1S/C22H22O13/c23-8-15-18(30)20(35-21(32)10-6-13(26)17(29)14(27)7-10)19(31)22(33-15)34-16(28)4-2-9-1-3-11(24)12(25)5-9/h1-7,15,18-20,22-27,29-31H,8H2/b4-2+/t15-,18-,19-,20+,22+/m1/s1. The first-order chi connectivity index (χ1) is 16.5. The monoisotopic (exact) mass is 494 g/mol. The fourth-order valence-electron chi connectivity index (χ4n) is 3.17. The Balaban J connectivity index is 1.73. The van der Waals surface area contributed by atoms with Gasteiger partial charge in [-0.25, -0.2) is 9.59 Å². The first-order valence-corrected chi connectivity index (χ1v) is 10.0. The average molecular weight is 494 g/mol. The van der Waals surface area contributed by atoms with Gasteiger partial charge in [-0.05, 0) is 35.9 Å². The highest BCUT2D eigenvalue weighted by Crippen LogP contribution is 2.36. The summed E-state index contributed by atoms with van der Waals surface area (Å²) in [7, 11) is 0. The Morgan fingerprint density at radius 3 is 2.14 bits per heavy atom. The van der Waals surface area contributed by atoms with Gasteiger partial charge in [0, 0.05) is 6.08 Å². The minimum atomic E-state index is -1.92. The number of hydrogen-bond acceptors (Lipinski definition) is 13. The molecule has 3 rings (SSSR count). The van der Waals surface area contributed by atoms with Crippen LogP contribution in [-0.2, 0) is 19.0 Å². The zero-order valence-electron chi connectivity index (χ0n) is 17.8. The van der Waals surface area contributed by atoms with E-state index in [-0.39, 0.29) is 5.75 Å². The van der Waals surface area contributed by atoms with Gasteiger partial charge in [-0.2, -0.15) is 0 Å². The molecule has 0 bridgehead atoms. The number of benzene rings is 2. The molecular weight excluding hydrogens is 472 g/mol. The molecule has 0 amide bonds. The lowest BCUT2D eigenvalue weighted by Crippen LogP contribution is -2.60. The summed E-state index contributed by atoms with van der Waals surface area (Å²) in [5.41, 5.74) is -0.129. The van der Waals surface area contributed by atoms with Crippen molar-refractivity contribution in [3.8, 4) is 28.7 Å². The summed E-state index contributed by atoms with van der Waals surface area (Å²) in [6.45, 7) is -0.806. The van der Waals surface area contributed by atoms with Crippen LogP contribution in [0, 0.1) is 0 Å². The number of aromatic hydroxyl groups is 5. The van der Waals surface area contributed by atoms with Gasteiger partial charge in [0.2, 0.25) is 6.29 Å². The number of phenols is 5. The Kier molecular flexibility index (Phi) is 7.66. The largest absolute Gasteiger partial charge is 0.504 e. The van der Waals surface area contributed by atoms with Gasteiger partial charge in [-0.1, -0.05) is 6.07 Å². The molecule has 0 unspecified atom stereocenters. The van der Waals surface area contributed by atoms with Crippen molar-refractivity contribution in [1.29, 1.82) is 0 Å². The van der Waals surface area contributed by atoms with Crippen molar-refractivity contribution in [2.45, 2.75) is 30.7 Å². The number of carbonyl (C=O) groups excluding carboxylic acids is 2. The summed E-state index contributed by atoms with van der Waals surface area (Å²) in [4.78, 5) is 24.6. The van der Waals surface area contributed by atoms with Gasteiger partial charge in [0.1, 0.15) is 12.2 Å². The van der Waals surface area contributed by atoms with Crippen molar-refractivity contribution in [2.75, 3.05) is 6.61 Å². The average Bonchev–Trinajstić information content (AvgIpc) is 2.82. The van der Waals surface area contributed by atoms with Crippen molar-refractivity contribution in [2.24, 2.45) is 0 Å². The lowest BCUT2D eigenvalue weighted by molar-refractivity contribution is -0.290. The maximum absolute atomic E-state index is 12.4. The minimum Gasteiger partial charge on any atom is -0.504 e. The third-order valence-electron chi connectivity index (χ3n) is 5.01. The van der Waals surface area contributed by atoms with E-state index in [1.165, 1.54) is 18.2 Å². The molecule has 188 valence electrons. The quantitative estimate of drug-likeness (QED) is 0.143. The Morgan fingerprint density at radius 2 is 1.54 bits per heavy atom. The second-order valence-corrected chi connectivity index (χ2v) is 7.46. The molecule has 35 heavy (non-hydrogen) atoms. The molecule has 0 spiro atoms. The van der Waals surface area contributed by atoms with Crippen LogP contribution in [0.1, 0.15) is 15.9 Å². The highest BCUT2D eigenvalue weighted by Gasteiger charge is 2.48. The zero-order valence-corrected chi connectivity index (χ0v) is 17.8. The lowest BCUT2D eigenvalue weighted by Gasteiger charge is -2.40. The van der Waals surface area contributed by atoms with Crippen molar-refractivity contribution in [3.63, 3.8) is 0 Å². The van der Waals surface area contributed by atoms with E-state index in [0.717, 1.165) is 24.3 Å². The second kappa shape index (κ2) is 10.5. The number of ether oxygens (including phenoxy) is 3. The molecule has 1 saturated heterocycles. The highest BCUT2D eigenvalue weighted by molar-refractivity contribution is 5.91. The maximum Gasteiger partial charge on any atom is 0.338 e. The molecule has 0 aliphatic carbocycles. The topological polar surface area (TPSA) is 224 Å². The van der Waals surface area contributed by atoms with Gasteiger partial charge >= 0.3 is 11.9 Å². The van der Waals surface area contributed by atoms with Crippen molar-refractivity contribution in [3.05, 3.63) is 47.5 Å². The Labute approximate surface area is 196 Å². The number of esters is 2. The van der Waals surface area contributed by atoms with E-state index in [2.05, 4.69) is 0 Å². The zero-order chi connectivity index (χ0) is 25.9. The molecule has 0 saturated carbocycles. The van der Waals surface area contributed by atoms with Gasteiger partial charge in [-0.15, -0.1) is 0 Å². The second-order valence-electron chi connectivity index (χ2n) is 7.46. The van der Waals surface area contributed by atoms with Crippen LogP contribution in [0.4, 0.5) is 0 Å². The van der Waals surface area contributed by atoms with E-state index in [1.807, 2.05) is 0 Å². The minimum absolute atomic E-state index is 0.318. The summed E-state index contributed by atoms with van der Waals surface area (Å²) in [5.74, 6) is -5.63. The summed E-state index contributed by atoms with van der Waals surface area (Å²) in [6.07, 6.45) is -6.56. The molecule has 0 aromatic heterocycles. The third-order valence-corrected chi connectivity index (χ3v) is 5.01. The molecule has 0 radical (unpaired) electrons. The number of aliphatic hydroxyl groups is 3. The van der Waals surface area contributed by atoms with Crippen LogP contribution in [0.3, 0.4) is 0 Å². The fraction of sp³-hybridized carbons (Fsp3) is 0.273. The van der Waals surface area contributed by atoms with Crippen LogP contribution in [0.25, 0.3) is 6.08 Å². The molecule has 2 aromatic rings. The molecule has 8 N–H and O–H groups in total. The van der Waals surface area contributed by atoms with E-state index in [9.17, 15) is 50.4 Å². The third kappa shape index (κ3) is 5.73. The van der Waals surface area contributed by atoms with Crippen LogP contribution in [0.5, 0.6) is 28.7 Å². The molecule has 13 nitrogen and oxygen atoms in total. The predicted octanol–water partition coefficient (Wildman–Crippen LogP) is -0.564. The van der Waals surface area contributed by atoms with Crippen LogP contribution in [0.2, 0.25) is 0 Å². The van der Waals surface area contributed by atoms with E-state index < -0.39 is 77.8 Å². The molecule has 2 aromatic carbocycles. The molecule has 1 aliphatic rings. The van der Waals surface area contributed by atoms with E-state index in [0.29, 0.717) is 5.56 Å². The first kappa shape index (κ1) is 25.6. The number of hydrogen-bond donors (Lipinski definition) is 8. The Hall–Kier alpha value is -4.04. The predicted molar refractivity (Wildman–Crippen MR) is 113 cm³/mol. The van der Waals surface area contributed by atoms with Gasteiger partial charge in [-0.3, -0.25) is 0 Å². The molecular formula is C22H22O13. The van der Waals surface area contributed by atoms with Crippen LogP contribution in [0.15, 0.2) is 36.4 Å². The van der Waals surface area contributed by atoms with Crippen LogP contribution >= 0.6 is 0 Å². The lowest BCUT2D eigenvalue weighted by atomic mass is 9.99. The van der Waals surface area contributed by atoms with Crippen LogP contribution < -0.4 is 0 Å². The van der Waals surface area contributed by atoms with Crippen molar-refractivity contribution >= 4 is 18.0 Å². The van der Waals surface area contributed by atoms with Gasteiger partial charge < -0.3 is 55.1 Å². The van der Waals surface area contributed by atoms with Gasteiger partial charge in [0.15, 0.2) is 41.0 Å². The SMILES string of the molecule is O=C(/C=C/c1ccc(O)c(O)c1)O[C@@H]1O[C@H](CO)[C@@H](O)[C@H](OC(=O)c2cc(O)c(O)c(O)c2)[C@H]1O. The summed E-state index contributed by atoms with van der Waals surface area (Å²) in [5, 5.41) is 77.6. The van der Waals surface area contributed by atoms with Gasteiger partial charge in [0.05, 0.1) is 12.2 Å². The number of aliphatic hydroxyl groups excluding tert-OH is 3. The van der Waals surface area contributed by atoms with E-state index in [1.54, 1.807) is 0 Å². The van der Waals surface area contributed by atoms with E-state index >= 15 is 0 Å². The summed E-state index contributed by atoms with van der Waals surface area (Å²) < 4.78 is 15.2. The Morgan fingerprint density at radius 1 is 0.886 bits per heavy atom. The van der Waals surface area contributed by atoms with Crippen molar-refractivity contribution in [1.82, 2.24) is 0 Å². The van der Waals surface area contributed by atoms with Crippen LogP contribution in [-0.4, -0.2) is 90.1 Å². The van der Waals surface area contributed by atoms with E-state index in [4.69, 9.17) is 14.2 Å². The number of rotatable bonds is 6. The normalized spacial score (nSPS) is 24.3. The van der Waals surface area contributed by atoms with Crippen molar-refractivity contribution < 1.29 is 64.7 Å². The molecule has 5 atom stereocenters.